The van der Waals surface area contributed by atoms with Crippen molar-refractivity contribution in [3.8, 4) is 0 Å². The molecule has 0 aliphatic carbocycles. The average Bonchev–Trinajstić information content (AvgIpc) is 2.43. The molecule has 0 fully saturated rings. The first-order chi connectivity index (χ1) is 9.66. The fourth-order valence-electron chi connectivity index (χ4n) is 1.55. The van der Waals surface area contributed by atoms with Crippen LogP contribution in [0, 0.1) is 5.82 Å². The van der Waals surface area contributed by atoms with Crippen molar-refractivity contribution >= 4 is 35.0 Å². The summed E-state index contributed by atoms with van der Waals surface area (Å²) in [5.41, 5.74) is 1.07. The Balaban J connectivity index is 1.83. The molecule has 0 radical (unpaired) electrons. The number of hydrogen-bond donors (Lipinski definition) is 1. The molecule has 1 aromatic carbocycles. The molecular formula is C14H12ClFN2OS. The third-order valence-corrected chi connectivity index (χ3v) is 3.80. The molecule has 2 rings (SSSR count). The first-order valence-corrected chi connectivity index (χ1v) is 7.40. The van der Waals surface area contributed by atoms with Gasteiger partial charge in [-0.1, -0.05) is 17.7 Å². The van der Waals surface area contributed by atoms with Gasteiger partial charge in [-0.15, -0.1) is 11.8 Å². The Morgan fingerprint density at radius 1 is 1.35 bits per heavy atom. The summed E-state index contributed by atoms with van der Waals surface area (Å²) in [4.78, 5) is 15.6. The molecule has 0 aliphatic rings. The predicted molar refractivity (Wildman–Crippen MR) is 80.4 cm³/mol. The maximum absolute atomic E-state index is 13.5. The molecule has 1 aromatic heterocycles. The fourth-order valence-corrected chi connectivity index (χ4v) is 2.72. The monoisotopic (exact) mass is 310 g/mol. The number of hydrogen-bond acceptors (Lipinski definition) is 3. The van der Waals surface area contributed by atoms with Crippen LogP contribution in [0.25, 0.3) is 0 Å². The van der Waals surface area contributed by atoms with E-state index in [1.165, 1.54) is 17.8 Å². The Morgan fingerprint density at radius 3 is 2.90 bits per heavy atom. The molecule has 6 heteroatoms. The van der Waals surface area contributed by atoms with Crippen LogP contribution in [0.15, 0.2) is 42.7 Å². The summed E-state index contributed by atoms with van der Waals surface area (Å²) >= 11 is 7.22. The highest BCUT2D eigenvalue weighted by Gasteiger charge is 2.08. The van der Waals surface area contributed by atoms with Crippen molar-refractivity contribution in [1.29, 1.82) is 0 Å². The normalized spacial score (nSPS) is 10.3. The summed E-state index contributed by atoms with van der Waals surface area (Å²) in [6.45, 7) is 0. The largest absolute Gasteiger partial charge is 0.324 e. The van der Waals surface area contributed by atoms with Gasteiger partial charge in [0.25, 0.3) is 0 Å². The van der Waals surface area contributed by atoms with E-state index < -0.39 is 0 Å². The van der Waals surface area contributed by atoms with Crippen LogP contribution in [-0.2, 0) is 10.5 Å². The molecule has 104 valence electrons. The van der Waals surface area contributed by atoms with Gasteiger partial charge in [-0.05, 0) is 24.3 Å². The van der Waals surface area contributed by atoms with Crippen LogP contribution >= 0.6 is 23.4 Å². The third kappa shape index (κ3) is 4.21. The molecule has 1 heterocycles. The zero-order valence-electron chi connectivity index (χ0n) is 10.5. The van der Waals surface area contributed by atoms with Crippen LogP contribution in [0.1, 0.15) is 5.56 Å². The van der Waals surface area contributed by atoms with Gasteiger partial charge in [0.2, 0.25) is 5.91 Å². The van der Waals surface area contributed by atoms with Gasteiger partial charge in [0.15, 0.2) is 0 Å². The van der Waals surface area contributed by atoms with Crippen molar-refractivity contribution in [3.05, 3.63) is 59.1 Å². The van der Waals surface area contributed by atoms with Gasteiger partial charge in [0, 0.05) is 22.5 Å². The van der Waals surface area contributed by atoms with E-state index in [4.69, 9.17) is 11.6 Å². The second kappa shape index (κ2) is 7.26. The summed E-state index contributed by atoms with van der Waals surface area (Å²) in [6, 6.07) is 8.04. The van der Waals surface area contributed by atoms with E-state index in [1.807, 2.05) is 0 Å². The Bertz CT molecular complexity index is 575. The molecule has 0 bridgehead atoms. The van der Waals surface area contributed by atoms with Crippen molar-refractivity contribution in [1.82, 2.24) is 4.98 Å². The van der Waals surface area contributed by atoms with E-state index in [0.29, 0.717) is 22.0 Å². The van der Waals surface area contributed by atoms with Crippen LogP contribution < -0.4 is 5.32 Å². The Morgan fingerprint density at radius 2 is 2.20 bits per heavy atom. The molecule has 0 saturated heterocycles. The van der Waals surface area contributed by atoms with Gasteiger partial charge in [0.05, 0.1) is 17.6 Å². The highest BCUT2D eigenvalue weighted by Crippen LogP contribution is 2.23. The fraction of sp³-hybridized carbons (Fsp3) is 0.143. The predicted octanol–water partition coefficient (Wildman–Crippen LogP) is 3.75. The van der Waals surface area contributed by atoms with E-state index in [9.17, 15) is 9.18 Å². The quantitative estimate of drug-likeness (QED) is 0.914. The first-order valence-electron chi connectivity index (χ1n) is 5.87. The summed E-state index contributed by atoms with van der Waals surface area (Å²) in [5, 5.41) is 3.09. The van der Waals surface area contributed by atoms with E-state index in [2.05, 4.69) is 10.3 Å². The number of nitrogens with zero attached hydrogens (tertiary/aromatic N) is 1. The third-order valence-electron chi connectivity index (χ3n) is 2.49. The molecule has 0 spiro atoms. The first kappa shape index (κ1) is 14.8. The van der Waals surface area contributed by atoms with Gasteiger partial charge in [-0.2, -0.15) is 0 Å². The second-order valence-electron chi connectivity index (χ2n) is 3.98. The van der Waals surface area contributed by atoms with Crippen LogP contribution in [-0.4, -0.2) is 16.6 Å². The maximum Gasteiger partial charge on any atom is 0.234 e. The lowest BCUT2D eigenvalue weighted by atomic mass is 10.2. The van der Waals surface area contributed by atoms with Crippen molar-refractivity contribution in [2.24, 2.45) is 0 Å². The molecule has 0 saturated carbocycles. The number of pyridine rings is 1. The maximum atomic E-state index is 13.5. The molecule has 20 heavy (non-hydrogen) atoms. The Labute approximate surface area is 125 Å². The number of benzene rings is 1. The van der Waals surface area contributed by atoms with E-state index >= 15 is 0 Å². The molecule has 0 unspecified atom stereocenters. The number of halogens is 2. The summed E-state index contributed by atoms with van der Waals surface area (Å²) in [7, 11) is 0. The number of amides is 1. The molecule has 0 atom stereocenters. The van der Waals surface area contributed by atoms with E-state index in [0.717, 1.165) is 0 Å². The minimum absolute atomic E-state index is 0.157. The SMILES string of the molecule is O=C(CSCc1c(F)cccc1Cl)Nc1cccnc1. The van der Waals surface area contributed by atoms with Crippen molar-refractivity contribution < 1.29 is 9.18 Å². The highest BCUT2D eigenvalue weighted by molar-refractivity contribution is 7.99. The number of thioether (sulfide) groups is 1. The Hall–Kier alpha value is -1.59. The topological polar surface area (TPSA) is 42.0 Å². The zero-order valence-corrected chi connectivity index (χ0v) is 12.0. The molecule has 0 aliphatic heterocycles. The van der Waals surface area contributed by atoms with Crippen LogP contribution in [0.4, 0.5) is 10.1 Å². The van der Waals surface area contributed by atoms with Crippen LogP contribution in [0.5, 0.6) is 0 Å². The Kier molecular flexibility index (Phi) is 5.38. The molecule has 3 nitrogen and oxygen atoms in total. The zero-order chi connectivity index (χ0) is 14.4. The number of carbonyl (C=O) groups excluding carboxylic acids is 1. The number of rotatable bonds is 5. The summed E-state index contributed by atoms with van der Waals surface area (Å²) < 4.78 is 13.5. The molecule has 1 amide bonds. The lowest BCUT2D eigenvalue weighted by molar-refractivity contribution is -0.113. The lowest BCUT2D eigenvalue weighted by Gasteiger charge is -2.06. The number of carbonyl (C=O) groups is 1. The lowest BCUT2D eigenvalue weighted by Crippen LogP contribution is -2.14. The molecular weight excluding hydrogens is 299 g/mol. The summed E-state index contributed by atoms with van der Waals surface area (Å²) in [6.07, 6.45) is 3.20. The van der Waals surface area contributed by atoms with Gasteiger partial charge in [0.1, 0.15) is 5.82 Å². The second-order valence-corrected chi connectivity index (χ2v) is 5.38. The highest BCUT2D eigenvalue weighted by atomic mass is 35.5. The van der Waals surface area contributed by atoms with Crippen molar-refractivity contribution in [2.45, 2.75) is 5.75 Å². The van der Waals surface area contributed by atoms with Crippen molar-refractivity contribution in [3.63, 3.8) is 0 Å². The van der Waals surface area contributed by atoms with E-state index in [-0.39, 0.29) is 17.5 Å². The average molecular weight is 311 g/mol. The number of anilines is 1. The van der Waals surface area contributed by atoms with Crippen molar-refractivity contribution in [2.75, 3.05) is 11.1 Å². The molecule has 2 aromatic rings. The number of nitrogens with one attached hydrogen (secondary N) is 1. The van der Waals surface area contributed by atoms with Crippen LogP contribution in [0.2, 0.25) is 5.02 Å². The smallest absolute Gasteiger partial charge is 0.234 e. The van der Waals surface area contributed by atoms with Gasteiger partial charge in [-0.3, -0.25) is 9.78 Å². The molecule has 1 N–H and O–H groups in total. The standard InChI is InChI=1S/C14H12ClFN2OS/c15-12-4-1-5-13(16)11(12)8-20-9-14(19)18-10-3-2-6-17-7-10/h1-7H,8-9H2,(H,18,19). The van der Waals surface area contributed by atoms with Gasteiger partial charge >= 0.3 is 0 Å². The number of aromatic nitrogens is 1. The summed E-state index contributed by atoms with van der Waals surface area (Å²) in [5.74, 6) is 0.0686. The minimum Gasteiger partial charge on any atom is -0.324 e. The van der Waals surface area contributed by atoms with E-state index in [1.54, 1.807) is 36.7 Å². The van der Waals surface area contributed by atoms with Gasteiger partial charge < -0.3 is 5.32 Å². The van der Waals surface area contributed by atoms with Crippen LogP contribution in [0.3, 0.4) is 0 Å². The minimum atomic E-state index is -0.349. The van der Waals surface area contributed by atoms with Gasteiger partial charge in [-0.25, -0.2) is 4.39 Å².